The molecule has 2 aromatic heterocycles. The van der Waals surface area contributed by atoms with Crippen molar-refractivity contribution in [2.45, 2.75) is 6.42 Å². The number of aromatic nitrogens is 1. The molecule has 8 nitrogen and oxygen atoms in total. The number of para-hydroxylation sites is 1. The highest BCUT2D eigenvalue weighted by Gasteiger charge is 2.30. The van der Waals surface area contributed by atoms with E-state index in [1.807, 2.05) is 35.7 Å². The van der Waals surface area contributed by atoms with E-state index in [1.54, 1.807) is 41.8 Å². The number of benzene rings is 1. The van der Waals surface area contributed by atoms with E-state index in [-0.39, 0.29) is 0 Å². The molecule has 0 bridgehead atoms. The largest absolute Gasteiger partial charge is 0.360 e. The first-order valence-corrected chi connectivity index (χ1v) is 9.82. The maximum absolute atomic E-state index is 11.8. The molecule has 1 aliphatic rings. The minimum absolute atomic E-state index is 0.405. The third-order valence-electron chi connectivity index (χ3n) is 4.12. The average molecular weight is 420 g/mol. The van der Waals surface area contributed by atoms with Gasteiger partial charge in [0.1, 0.15) is 5.82 Å². The van der Waals surface area contributed by atoms with Crippen LogP contribution in [0.1, 0.15) is 10.4 Å². The topological polar surface area (TPSA) is 95.8 Å². The molecule has 3 aromatic rings. The average Bonchev–Trinajstić information content (AvgIpc) is 3.20. The highest BCUT2D eigenvalue weighted by atomic mass is 32.1. The second kappa shape index (κ2) is 8.58. The molecular formula is C21H16N4O4S. The van der Waals surface area contributed by atoms with Crippen molar-refractivity contribution in [1.29, 1.82) is 5.41 Å². The first-order valence-electron chi connectivity index (χ1n) is 8.94. The zero-order chi connectivity index (χ0) is 20.9. The fraction of sp³-hybridized carbons (Fsp3) is 0.0476. The molecule has 1 N–H and O–H groups in total. The number of pyridine rings is 1. The van der Waals surface area contributed by atoms with Crippen molar-refractivity contribution in [1.82, 2.24) is 10.2 Å². The summed E-state index contributed by atoms with van der Waals surface area (Å²) >= 11 is 1.62. The van der Waals surface area contributed by atoms with E-state index >= 15 is 0 Å². The van der Waals surface area contributed by atoms with Gasteiger partial charge in [-0.25, -0.2) is 14.6 Å². The van der Waals surface area contributed by atoms with E-state index in [0.29, 0.717) is 23.2 Å². The second-order valence-corrected chi connectivity index (χ2v) is 7.18. The van der Waals surface area contributed by atoms with Gasteiger partial charge in [0.15, 0.2) is 0 Å². The van der Waals surface area contributed by atoms with E-state index in [0.717, 1.165) is 22.6 Å². The Morgan fingerprint density at radius 2 is 1.73 bits per heavy atom. The van der Waals surface area contributed by atoms with Crippen LogP contribution in [0.4, 0.5) is 11.5 Å². The summed E-state index contributed by atoms with van der Waals surface area (Å²) in [4.78, 5) is 40.6. The third-order valence-corrected chi connectivity index (χ3v) is 5.00. The van der Waals surface area contributed by atoms with Crippen molar-refractivity contribution < 1.29 is 19.3 Å². The van der Waals surface area contributed by atoms with Crippen LogP contribution in [0, 0.1) is 5.41 Å². The van der Waals surface area contributed by atoms with Gasteiger partial charge in [0.25, 0.3) is 5.96 Å². The molecule has 0 fully saturated rings. The first-order chi connectivity index (χ1) is 14.6. The van der Waals surface area contributed by atoms with Gasteiger partial charge in [-0.3, -0.25) is 20.0 Å². The maximum Gasteiger partial charge on any atom is 0.360 e. The molecule has 30 heavy (non-hydrogen) atoms. The van der Waals surface area contributed by atoms with Crippen LogP contribution in [0.25, 0.3) is 0 Å². The maximum atomic E-state index is 11.8. The van der Waals surface area contributed by atoms with E-state index < -0.39 is 17.9 Å². The van der Waals surface area contributed by atoms with Gasteiger partial charge in [0.05, 0.1) is 5.69 Å². The highest BCUT2D eigenvalue weighted by molar-refractivity contribution is 7.09. The normalized spacial score (nSPS) is 13.4. The van der Waals surface area contributed by atoms with Crippen molar-refractivity contribution >= 4 is 40.7 Å². The number of carbonyl (C=O) groups is 2. The molecule has 1 aromatic carbocycles. The van der Waals surface area contributed by atoms with Crippen LogP contribution < -0.4 is 4.90 Å². The summed E-state index contributed by atoms with van der Waals surface area (Å²) in [5, 5.41) is 11.2. The van der Waals surface area contributed by atoms with Gasteiger partial charge < -0.3 is 0 Å². The van der Waals surface area contributed by atoms with Crippen LogP contribution >= 0.6 is 11.3 Å². The number of hydroxylamine groups is 2. The summed E-state index contributed by atoms with van der Waals surface area (Å²) < 4.78 is 0. The van der Waals surface area contributed by atoms with Gasteiger partial charge >= 0.3 is 11.9 Å². The quantitative estimate of drug-likeness (QED) is 0.509. The number of hydrogen-bond donors (Lipinski definition) is 1. The number of anilines is 2. The highest BCUT2D eigenvalue weighted by Crippen LogP contribution is 2.30. The Balaban J connectivity index is 1.76. The fourth-order valence-corrected chi connectivity index (χ4v) is 3.57. The van der Waals surface area contributed by atoms with Crippen LogP contribution in [0.15, 0.2) is 78.3 Å². The Morgan fingerprint density at radius 1 is 1.00 bits per heavy atom. The fourth-order valence-electron chi connectivity index (χ4n) is 2.84. The Kier molecular flexibility index (Phi) is 5.53. The lowest BCUT2D eigenvalue weighted by Crippen LogP contribution is -2.43. The van der Waals surface area contributed by atoms with E-state index in [9.17, 15) is 9.59 Å². The van der Waals surface area contributed by atoms with Crippen molar-refractivity contribution in [2.75, 3.05) is 4.90 Å². The number of rotatable bonds is 4. The number of hydrogen-bond acceptors (Lipinski definition) is 7. The van der Waals surface area contributed by atoms with Crippen LogP contribution in [0.5, 0.6) is 0 Å². The van der Waals surface area contributed by atoms with Gasteiger partial charge in [0.2, 0.25) is 0 Å². The van der Waals surface area contributed by atoms with Crippen molar-refractivity contribution in [2.24, 2.45) is 0 Å². The van der Waals surface area contributed by atoms with Gasteiger partial charge in [-0.1, -0.05) is 30.3 Å². The number of thiophene rings is 1. The molecule has 0 aliphatic carbocycles. The molecule has 0 unspecified atom stereocenters. The summed E-state index contributed by atoms with van der Waals surface area (Å²) in [6.07, 6.45) is 4.08. The summed E-state index contributed by atoms with van der Waals surface area (Å²) in [6.45, 7) is 0. The molecule has 9 heteroatoms. The molecule has 4 rings (SSSR count). The van der Waals surface area contributed by atoms with Crippen LogP contribution in [0.2, 0.25) is 0 Å². The predicted molar refractivity (Wildman–Crippen MR) is 111 cm³/mol. The van der Waals surface area contributed by atoms with Gasteiger partial charge in [-0.2, -0.15) is 0 Å². The van der Waals surface area contributed by atoms with Gasteiger partial charge in [-0.15, -0.1) is 11.3 Å². The van der Waals surface area contributed by atoms with Crippen LogP contribution in [-0.2, 0) is 25.7 Å². The monoisotopic (exact) mass is 420 g/mol. The standard InChI is InChI=1S/C21H16N4O4S/c22-21(25-28-18(26)10-11-19(27)29-25)24(16-7-2-1-3-8-16)20-15(6-4-12-23-20)14-17-9-5-13-30-17/h1-13,22H,14H2. The summed E-state index contributed by atoms with van der Waals surface area (Å²) in [7, 11) is 0. The minimum atomic E-state index is -0.835. The number of nitrogens with one attached hydrogen (secondary N) is 1. The molecule has 150 valence electrons. The van der Waals surface area contributed by atoms with Crippen LogP contribution in [-0.4, -0.2) is 28.1 Å². The second-order valence-electron chi connectivity index (χ2n) is 6.15. The lowest BCUT2D eigenvalue weighted by Gasteiger charge is -2.29. The number of carbonyl (C=O) groups excluding carboxylic acids is 2. The summed E-state index contributed by atoms with van der Waals surface area (Å²) in [5.41, 5.74) is 1.43. The van der Waals surface area contributed by atoms with Crippen molar-refractivity contribution in [3.05, 3.63) is 88.8 Å². The smallest absolute Gasteiger partial charge is 0.298 e. The molecule has 3 heterocycles. The summed E-state index contributed by atoms with van der Waals surface area (Å²) in [5.74, 6) is -1.62. The Labute approximate surface area is 176 Å². The lowest BCUT2D eigenvalue weighted by molar-refractivity contribution is -0.274. The molecular weight excluding hydrogens is 404 g/mol. The molecule has 0 radical (unpaired) electrons. The predicted octanol–water partition coefficient (Wildman–Crippen LogP) is 3.59. The molecule has 0 amide bonds. The summed E-state index contributed by atoms with van der Waals surface area (Å²) in [6, 6.07) is 16.7. The SMILES string of the molecule is N=C(N1OC(=O)C=CC(=O)O1)N(c1ccccc1)c1ncccc1Cc1cccs1. The van der Waals surface area contributed by atoms with Crippen molar-refractivity contribution in [3.63, 3.8) is 0 Å². The molecule has 0 saturated heterocycles. The zero-order valence-electron chi connectivity index (χ0n) is 15.6. The Bertz CT molecular complexity index is 1080. The van der Waals surface area contributed by atoms with Gasteiger partial charge in [0, 0.05) is 40.4 Å². The van der Waals surface area contributed by atoms with Crippen LogP contribution in [0.3, 0.4) is 0 Å². The van der Waals surface area contributed by atoms with Gasteiger partial charge in [-0.05, 0) is 29.6 Å². The number of nitrogens with zero attached hydrogens (tertiary/aromatic N) is 3. The van der Waals surface area contributed by atoms with E-state index in [2.05, 4.69) is 4.98 Å². The molecule has 0 atom stereocenters. The minimum Gasteiger partial charge on any atom is -0.298 e. The van der Waals surface area contributed by atoms with E-state index in [1.165, 1.54) is 4.90 Å². The number of guanidine groups is 1. The Morgan fingerprint density at radius 3 is 2.40 bits per heavy atom. The molecule has 1 aliphatic heterocycles. The zero-order valence-corrected chi connectivity index (χ0v) is 16.4. The third kappa shape index (κ3) is 4.20. The Hall–Kier alpha value is -3.98. The molecule has 0 spiro atoms. The molecule has 0 saturated carbocycles. The lowest BCUT2D eigenvalue weighted by atomic mass is 10.1. The van der Waals surface area contributed by atoms with Crippen molar-refractivity contribution in [3.8, 4) is 0 Å². The first kappa shape index (κ1) is 19.3. The van der Waals surface area contributed by atoms with E-state index in [4.69, 9.17) is 15.1 Å².